The minimum Gasteiger partial charge on any atom is -0.382 e. The number of thiocarbonyl (C=S) groups is 1. The summed E-state index contributed by atoms with van der Waals surface area (Å²) in [6.07, 6.45) is 7.57. The Hall–Kier alpha value is 0.180. The second-order valence-electron chi connectivity index (χ2n) is 5.97. The minimum atomic E-state index is 0.0883. The first-order valence-corrected chi connectivity index (χ1v) is 6.75. The number of rotatable bonds is 1. The molecule has 4 bridgehead atoms. The lowest BCUT2D eigenvalue weighted by Gasteiger charge is -2.60. The predicted octanol–water partition coefficient (Wildman–Crippen LogP) is 3.11. The molecule has 1 N–H and O–H groups in total. The molecule has 4 fully saturated rings. The molecule has 0 aromatic carbocycles. The summed E-state index contributed by atoms with van der Waals surface area (Å²) < 4.78 is 0. The van der Waals surface area contributed by atoms with Gasteiger partial charge in [0.05, 0.1) is 4.99 Å². The van der Waals surface area contributed by atoms with Gasteiger partial charge in [-0.15, -0.1) is 11.6 Å². The number of nitrogens with one attached hydrogen (secondary N) is 1. The Balaban J connectivity index is 1.96. The first kappa shape index (κ1) is 10.3. The monoisotopic (exact) mass is 243 g/mol. The molecule has 15 heavy (non-hydrogen) atoms. The van der Waals surface area contributed by atoms with E-state index in [-0.39, 0.29) is 10.3 Å². The first-order chi connectivity index (χ1) is 7.05. The standard InChI is InChI=1S/C12H18ClNS/c1-14-10(15)11-3-8-2-9(4-11)6-12(13,5-8)7-11/h8-9H,2-7H2,1H3,(H,14,15)/t8-,9-,11?,12?/m0/s1. The summed E-state index contributed by atoms with van der Waals surface area (Å²) in [7, 11) is 1.96. The van der Waals surface area contributed by atoms with Gasteiger partial charge in [-0.2, -0.15) is 0 Å². The highest BCUT2D eigenvalue weighted by Gasteiger charge is 2.58. The Bertz CT molecular complexity index is 301. The third kappa shape index (κ3) is 1.44. The lowest BCUT2D eigenvalue weighted by molar-refractivity contribution is 0.00167. The molecule has 0 saturated heterocycles. The van der Waals surface area contributed by atoms with Crippen molar-refractivity contribution in [3.8, 4) is 0 Å². The lowest BCUT2D eigenvalue weighted by Crippen LogP contribution is -2.57. The molecule has 0 heterocycles. The van der Waals surface area contributed by atoms with Gasteiger partial charge in [-0.05, 0) is 50.4 Å². The number of hydrogen-bond acceptors (Lipinski definition) is 1. The van der Waals surface area contributed by atoms with Crippen LogP contribution in [0, 0.1) is 17.3 Å². The molecule has 0 spiro atoms. The van der Waals surface area contributed by atoms with Gasteiger partial charge in [0.2, 0.25) is 0 Å². The summed E-state index contributed by atoms with van der Waals surface area (Å²) in [5, 5.41) is 3.21. The normalized spacial score (nSPS) is 51.9. The SMILES string of the molecule is CNC(=S)C12C[C@@H]3C[C@H](CC(Cl)(C3)C1)C2. The molecular formula is C12H18ClNS. The van der Waals surface area contributed by atoms with Crippen LogP contribution in [0.4, 0.5) is 0 Å². The summed E-state index contributed by atoms with van der Waals surface area (Å²) in [6, 6.07) is 0. The van der Waals surface area contributed by atoms with Crippen LogP contribution in [0.1, 0.15) is 38.5 Å². The second-order valence-corrected chi connectivity index (χ2v) is 7.18. The van der Waals surface area contributed by atoms with E-state index in [0.717, 1.165) is 23.2 Å². The maximum atomic E-state index is 6.73. The van der Waals surface area contributed by atoms with Crippen LogP contribution in [0.5, 0.6) is 0 Å². The maximum Gasteiger partial charge on any atom is 0.0814 e. The molecule has 0 radical (unpaired) electrons. The van der Waals surface area contributed by atoms with Gasteiger partial charge in [0.25, 0.3) is 0 Å². The highest BCUT2D eigenvalue weighted by Crippen LogP contribution is 2.63. The molecule has 4 rings (SSSR count). The molecule has 0 amide bonds. The molecule has 1 nitrogen and oxygen atoms in total. The molecule has 4 aliphatic rings. The average Bonchev–Trinajstić information content (AvgIpc) is 2.12. The molecule has 0 aliphatic heterocycles. The van der Waals surface area contributed by atoms with Crippen molar-refractivity contribution < 1.29 is 0 Å². The zero-order chi connectivity index (χ0) is 10.7. The second kappa shape index (κ2) is 3.10. The van der Waals surface area contributed by atoms with Crippen molar-refractivity contribution in [1.82, 2.24) is 5.32 Å². The third-order valence-corrected chi connectivity index (χ3v) is 5.78. The van der Waals surface area contributed by atoms with E-state index in [2.05, 4.69) is 5.32 Å². The molecule has 84 valence electrons. The smallest absolute Gasteiger partial charge is 0.0814 e. The van der Waals surface area contributed by atoms with Crippen molar-refractivity contribution in [2.45, 2.75) is 43.4 Å². The van der Waals surface area contributed by atoms with Crippen molar-refractivity contribution in [3.05, 3.63) is 0 Å². The van der Waals surface area contributed by atoms with Gasteiger partial charge in [-0.25, -0.2) is 0 Å². The Morgan fingerprint density at radius 2 is 1.87 bits per heavy atom. The Morgan fingerprint density at radius 1 is 1.27 bits per heavy atom. The third-order valence-electron chi connectivity index (χ3n) is 4.70. The van der Waals surface area contributed by atoms with Gasteiger partial charge in [0.15, 0.2) is 0 Å². The van der Waals surface area contributed by atoms with Crippen molar-refractivity contribution >= 4 is 28.8 Å². The van der Waals surface area contributed by atoms with Crippen LogP contribution in [0.25, 0.3) is 0 Å². The summed E-state index contributed by atoms with van der Waals surface area (Å²) in [5.74, 6) is 1.69. The van der Waals surface area contributed by atoms with E-state index in [4.69, 9.17) is 23.8 Å². The van der Waals surface area contributed by atoms with Crippen LogP contribution in [0.2, 0.25) is 0 Å². The molecule has 0 aromatic rings. The largest absolute Gasteiger partial charge is 0.382 e. The highest BCUT2D eigenvalue weighted by atomic mass is 35.5. The fraction of sp³-hybridized carbons (Fsp3) is 0.917. The average molecular weight is 244 g/mol. The van der Waals surface area contributed by atoms with Crippen molar-refractivity contribution in [2.75, 3.05) is 7.05 Å². The van der Waals surface area contributed by atoms with E-state index in [1.54, 1.807) is 0 Å². The van der Waals surface area contributed by atoms with Gasteiger partial charge >= 0.3 is 0 Å². The zero-order valence-corrected chi connectivity index (χ0v) is 10.8. The van der Waals surface area contributed by atoms with Crippen LogP contribution in [-0.4, -0.2) is 16.9 Å². The van der Waals surface area contributed by atoms with Gasteiger partial charge < -0.3 is 5.32 Å². The predicted molar refractivity (Wildman–Crippen MR) is 67.4 cm³/mol. The van der Waals surface area contributed by atoms with Gasteiger partial charge in [0.1, 0.15) is 0 Å². The van der Waals surface area contributed by atoms with Crippen LogP contribution in [0.15, 0.2) is 0 Å². The molecular weight excluding hydrogens is 226 g/mol. The van der Waals surface area contributed by atoms with Crippen LogP contribution in [-0.2, 0) is 0 Å². The quantitative estimate of drug-likeness (QED) is 0.561. The van der Waals surface area contributed by atoms with E-state index < -0.39 is 0 Å². The van der Waals surface area contributed by atoms with Crippen molar-refractivity contribution in [3.63, 3.8) is 0 Å². The van der Waals surface area contributed by atoms with E-state index in [9.17, 15) is 0 Å². The highest BCUT2D eigenvalue weighted by molar-refractivity contribution is 7.80. The van der Waals surface area contributed by atoms with Crippen molar-refractivity contribution in [2.24, 2.45) is 17.3 Å². The molecule has 4 aliphatic carbocycles. The topological polar surface area (TPSA) is 12.0 Å². The first-order valence-electron chi connectivity index (χ1n) is 5.96. The van der Waals surface area contributed by atoms with Gasteiger partial charge in [0, 0.05) is 17.3 Å². The molecule has 0 aromatic heterocycles. The number of halogens is 1. The molecule has 4 saturated carbocycles. The summed E-state index contributed by atoms with van der Waals surface area (Å²) >= 11 is 12.3. The maximum absolute atomic E-state index is 6.73. The Labute approximate surface area is 102 Å². The van der Waals surface area contributed by atoms with E-state index in [1.807, 2.05) is 7.05 Å². The van der Waals surface area contributed by atoms with Crippen LogP contribution >= 0.6 is 23.8 Å². The van der Waals surface area contributed by atoms with Crippen LogP contribution < -0.4 is 5.32 Å². The fourth-order valence-corrected chi connectivity index (χ4v) is 5.61. The zero-order valence-electron chi connectivity index (χ0n) is 9.18. The lowest BCUT2D eigenvalue weighted by atomic mass is 9.49. The van der Waals surface area contributed by atoms with E-state index >= 15 is 0 Å². The van der Waals surface area contributed by atoms with E-state index in [0.29, 0.717) is 0 Å². The van der Waals surface area contributed by atoms with Crippen molar-refractivity contribution in [1.29, 1.82) is 0 Å². The molecule has 2 atom stereocenters. The summed E-state index contributed by atoms with van der Waals surface area (Å²) in [5.41, 5.74) is 0.260. The van der Waals surface area contributed by atoms with Crippen LogP contribution in [0.3, 0.4) is 0 Å². The van der Waals surface area contributed by atoms with Gasteiger partial charge in [-0.3, -0.25) is 0 Å². The van der Waals surface area contributed by atoms with Gasteiger partial charge in [-0.1, -0.05) is 12.2 Å². The fourth-order valence-electron chi connectivity index (χ4n) is 4.68. The number of hydrogen-bond donors (Lipinski definition) is 1. The molecule has 0 unspecified atom stereocenters. The minimum absolute atomic E-state index is 0.0883. The van der Waals surface area contributed by atoms with E-state index in [1.165, 1.54) is 32.1 Å². The Kier molecular flexibility index (Phi) is 2.14. The summed E-state index contributed by atoms with van der Waals surface area (Å²) in [6.45, 7) is 0. The number of alkyl halides is 1. The molecule has 3 heteroatoms. The Morgan fingerprint density at radius 3 is 2.33 bits per heavy atom. The summed E-state index contributed by atoms with van der Waals surface area (Å²) in [4.78, 5) is 1.16.